The predicted octanol–water partition coefficient (Wildman–Crippen LogP) is 1.64. The fourth-order valence-corrected chi connectivity index (χ4v) is 0.641. The van der Waals surface area contributed by atoms with Crippen molar-refractivity contribution in [3.8, 4) is 0 Å². The molecule has 0 spiro atoms. The summed E-state index contributed by atoms with van der Waals surface area (Å²) in [6.45, 7) is 0. The Morgan fingerprint density at radius 3 is 2.62 bits per heavy atom. The van der Waals surface area contributed by atoms with Crippen LogP contribution in [0, 0.1) is 0 Å². The first kappa shape index (κ1) is 9.50. The Hall–Kier alpha value is -1.59. The van der Waals surface area contributed by atoms with Gasteiger partial charge in [0.1, 0.15) is 0 Å². The van der Waals surface area contributed by atoms with Gasteiger partial charge in [-0.05, 0) is 6.07 Å². The van der Waals surface area contributed by atoms with Crippen molar-refractivity contribution in [3.63, 3.8) is 0 Å². The van der Waals surface area contributed by atoms with E-state index in [4.69, 9.17) is 0 Å². The van der Waals surface area contributed by atoms with Crippen LogP contribution in [0.4, 0.5) is 13.2 Å². The molecule has 0 saturated carbocycles. The second kappa shape index (κ2) is 3.42. The number of allylic oxidation sites excluding steroid dienone is 2. The monoisotopic (exact) mass is 190 g/mol. The predicted molar refractivity (Wildman–Crippen MR) is 38.0 cm³/mol. The van der Waals surface area contributed by atoms with E-state index in [1.54, 1.807) is 0 Å². The smallest absolute Gasteiger partial charge is 0.267 e. The minimum absolute atomic E-state index is 0.128. The summed E-state index contributed by atoms with van der Waals surface area (Å²) in [5.74, 6) is -0.831. The average Bonchev–Trinajstić information content (AvgIpc) is 2.50. The number of hydrogen-bond acceptors (Lipinski definition) is 2. The molecule has 0 aliphatic heterocycles. The summed E-state index contributed by atoms with van der Waals surface area (Å²) in [4.78, 5) is 10.9. The molecule has 70 valence electrons. The summed E-state index contributed by atoms with van der Waals surface area (Å²) in [6.07, 6.45) is -1.60. The third kappa shape index (κ3) is 3.10. The number of rotatable bonds is 1. The molecule has 1 aromatic heterocycles. The van der Waals surface area contributed by atoms with Crippen molar-refractivity contribution in [2.24, 2.45) is 0 Å². The van der Waals surface area contributed by atoms with Crippen molar-refractivity contribution >= 4 is 5.91 Å². The molecular weight excluding hydrogens is 185 g/mol. The first-order valence-electron chi connectivity index (χ1n) is 3.29. The Balaban J connectivity index is 2.67. The lowest BCUT2D eigenvalue weighted by molar-refractivity contribution is -0.0799. The van der Waals surface area contributed by atoms with Gasteiger partial charge < -0.3 is 0 Å². The van der Waals surface area contributed by atoms with E-state index in [1.807, 2.05) is 0 Å². The SMILES string of the molecule is O=C(/C=C/C(F)(F)F)n1cccn1. The molecule has 0 aromatic carbocycles. The van der Waals surface area contributed by atoms with E-state index >= 15 is 0 Å². The van der Waals surface area contributed by atoms with Crippen LogP contribution in [-0.4, -0.2) is 21.9 Å². The zero-order valence-corrected chi connectivity index (χ0v) is 6.32. The largest absolute Gasteiger partial charge is 0.409 e. The molecular formula is C7H5F3N2O. The minimum atomic E-state index is -4.47. The molecule has 0 aliphatic carbocycles. The summed E-state index contributed by atoms with van der Waals surface area (Å²) in [7, 11) is 0. The number of alkyl halides is 3. The highest BCUT2D eigenvalue weighted by Gasteiger charge is 2.22. The third-order valence-electron chi connectivity index (χ3n) is 1.15. The number of carbonyl (C=O) groups excluding carboxylic acids is 1. The maximum Gasteiger partial charge on any atom is 0.409 e. The van der Waals surface area contributed by atoms with Gasteiger partial charge in [-0.3, -0.25) is 4.79 Å². The van der Waals surface area contributed by atoms with Gasteiger partial charge in [-0.2, -0.15) is 18.3 Å². The molecule has 6 heteroatoms. The van der Waals surface area contributed by atoms with Crippen LogP contribution in [-0.2, 0) is 0 Å². The van der Waals surface area contributed by atoms with E-state index in [0.29, 0.717) is 6.08 Å². The molecule has 0 atom stereocenters. The van der Waals surface area contributed by atoms with Crippen molar-refractivity contribution in [2.75, 3.05) is 0 Å². The van der Waals surface area contributed by atoms with Gasteiger partial charge in [0.05, 0.1) is 0 Å². The van der Waals surface area contributed by atoms with Crippen LogP contribution >= 0.6 is 0 Å². The summed E-state index contributed by atoms with van der Waals surface area (Å²) >= 11 is 0. The van der Waals surface area contributed by atoms with Gasteiger partial charge in [0, 0.05) is 24.5 Å². The maximum atomic E-state index is 11.6. The minimum Gasteiger partial charge on any atom is -0.267 e. The van der Waals surface area contributed by atoms with E-state index in [9.17, 15) is 18.0 Å². The summed E-state index contributed by atoms with van der Waals surface area (Å²) < 4.78 is 35.6. The van der Waals surface area contributed by atoms with Crippen molar-refractivity contribution in [2.45, 2.75) is 6.18 Å². The number of aromatic nitrogens is 2. The maximum absolute atomic E-state index is 11.6. The molecule has 0 radical (unpaired) electrons. The molecule has 0 saturated heterocycles. The highest BCUT2D eigenvalue weighted by atomic mass is 19.4. The van der Waals surface area contributed by atoms with Gasteiger partial charge in [0.2, 0.25) is 0 Å². The van der Waals surface area contributed by atoms with Crippen molar-refractivity contribution < 1.29 is 18.0 Å². The molecule has 13 heavy (non-hydrogen) atoms. The van der Waals surface area contributed by atoms with E-state index < -0.39 is 12.1 Å². The average molecular weight is 190 g/mol. The third-order valence-corrected chi connectivity index (χ3v) is 1.15. The lowest BCUT2D eigenvalue weighted by Crippen LogP contribution is -2.10. The second-order valence-corrected chi connectivity index (χ2v) is 2.16. The van der Waals surface area contributed by atoms with Gasteiger partial charge in [0.15, 0.2) is 0 Å². The quantitative estimate of drug-likeness (QED) is 0.631. The molecule has 1 heterocycles. The molecule has 1 rings (SSSR count). The van der Waals surface area contributed by atoms with Crippen molar-refractivity contribution in [1.29, 1.82) is 0 Å². The van der Waals surface area contributed by atoms with E-state index in [2.05, 4.69) is 5.10 Å². The Morgan fingerprint density at radius 1 is 1.46 bits per heavy atom. The number of nitrogens with zero attached hydrogens (tertiary/aromatic N) is 2. The van der Waals surface area contributed by atoms with Crippen LogP contribution in [0.1, 0.15) is 4.79 Å². The van der Waals surface area contributed by atoms with Gasteiger partial charge in [-0.1, -0.05) is 0 Å². The Morgan fingerprint density at radius 2 is 2.15 bits per heavy atom. The summed E-state index contributed by atoms with van der Waals surface area (Å²) in [6, 6.07) is 1.44. The highest BCUT2D eigenvalue weighted by molar-refractivity contribution is 5.89. The lowest BCUT2D eigenvalue weighted by atomic mass is 10.4. The molecule has 0 fully saturated rings. The first-order valence-corrected chi connectivity index (χ1v) is 3.29. The molecule has 0 unspecified atom stereocenters. The first-order chi connectivity index (χ1) is 5.99. The lowest BCUT2D eigenvalue weighted by Gasteiger charge is -1.97. The van der Waals surface area contributed by atoms with E-state index in [1.165, 1.54) is 18.5 Å². The number of carbonyl (C=O) groups is 1. The summed E-state index contributed by atoms with van der Waals surface area (Å²) in [5, 5.41) is 3.47. The van der Waals surface area contributed by atoms with E-state index in [0.717, 1.165) is 4.68 Å². The number of hydrogen-bond donors (Lipinski definition) is 0. The fourth-order valence-electron chi connectivity index (χ4n) is 0.641. The van der Waals surface area contributed by atoms with E-state index in [-0.39, 0.29) is 6.08 Å². The van der Waals surface area contributed by atoms with Crippen molar-refractivity contribution in [1.82, 2.24) is 9.78 Å². The Bertz CT molecular complexity index is 313. The molecule has 3 nitrogen and oxygen atoms in total. The fraction of sp³-hybridized carbons (Fsp3) is 0.143. The van der Waals surface area contributed by atoms with Crippen LogP contribution in [0.5, 0.6) is 0 Å². The number of halogens is 3. The molecule has 0 bridgehead atoms. The van der Waals surface area contributed by atoms with Gasteiger partial charge >= 0.3 is 6.18 Å². The van der Waals surface area contributed by atoms with Crippen LogP contribution in [0.3, 0.4) is 0 Å². The zero-order valence-electron chi connectivity index (χ0n) is 6.32. The molecule has 1 aromatic rings. The van der Waals surface area contributed by atoms with Crippen LogP contribution in [0.15, 0.2) is 30.6 Å². The summed E-state index contributed by atoms with van der Waals surface area (Å²) in [5.41, 5.74) is 0. The zero-order chi connectivity index (χ0) is 9.90. The topological polar surface area (TPSA) is 34.9 Å². The second-order valence-electron chi connectivity index (χ2n) is 2.16. The van der Waals surface area contributed by atoms with Crippen LogP contribution in [0.2, 0.25) is 0 Å². The van der Waals surface area contributed by atoms with Crippen LogP contribution in [0.25, 0.3) is 0 Å². The Labute approximate surface area is 71.5 Å². The van der Waals surface area contributed by atoms with Crippen molar-refractivity contribution in [3.05, 3.63) is 30.6 Å². The standard InChI is InChI=1S/C7H5F3N2O/c8-7(9,10)3-2-6(13)12-5-1-4-11-12/h1-5H/b3-2+. The van der Waals surface area contributed by atoms with Gasteiger partial charge in [0.25, 0.3) is 5.91 Å². The normalized spacial score (nSPS) is 12.2. The van der Waals surface area contributed by atoms with Gasteiger partial charge in [-0.25, -0.2) is 4.68 Å². The molecule has 0 aliphatic rings. The molecule has 0 N–H and O–H groups in total. The Kier molecular flexibility index (Phi) is 2.50. The van der Waals surface area contributed by atoms with Gasteiger partial charge in [-0.15, -0.1) is 0 Å². The molecule has 0 amide bonds. The highest BCUT2D eigenvalue weighted by Crippen LogP contribution is 2.15. The van der Waals surface area contributed by atoms with Crippen LogP contribution < -0.4 is 0 Å².